The molecule has 0 bridgehead atoms. The van der Waals surface area contributed by atoms with Crippen LogP contribution in [0.2, 0.25) is 0 Å². The lowest BCUT2D eigenvalue weighted by Gasteiger charge is -2.29. The molecule has 0 radical (unpaired) electrons. The average molecular weight is 201 g/mol. The zero-order valence-corrected chi connectivity index (χ0v) is 9.38. The van der Waals surface area contributed by atoms with Gasteiger partial charge in [0.05, 0.1) is 6.61 Å². The van der Waals surface area contributed by atoms with Crippen LogP contribution < -0.4 is 5.32 Å². The molecule has 84 valence electrons. The highest BCUT2D eigenvalue weighted by molar-refractivity contribution is 4.92. The van der Waals surface area contributed by atoms with Crippen molar-refractivity contribution in [2.24, 2.45) is 0 Å². The normalized spacial score (nSPS) is 20.8. The van der Waals surface area contributed by atoms with Crippen LogP contribution >= 0.6 is 0 Å². The maximum absolute atomic E-state index is 9.32. The van der Waals surface area contributed by atoms with Gasteiger partial charge in [0, 0.05) is 24.8 Å². The van der Waals surface area contributed by atoms with Gasteiger partial charge in [0.2, 0.25) is 0 Å². The maximum atomic E-state index is 9.32. The Kier molecular flexibility index (Phi) is 4.85. The predicted octanol–water partition coefficient (Wildman–Crippen LogP) is 1.31. The predicted molar refractivity (Wildman–Crippen MR) is 57.4 cm³/mol. The van der Waals surface area contributed by atoms with E-state index in [4.69, 9.17) is 4.74 Å². The largest absolute Gasteiger partial charge is 0.394 e. The molecule has 0 aromatic rings. The standard InChI is InChI=1S/C11H23NO2/c1-3-14-8-4-7-11(2,9-13)12-10-5-6-10/h10,12-13H,3-9H2,1-2H3. The Labute approximate surface area is 86.8 Å². The third-order valence-corrected chi connectivity index (χ3v) is 2.70. The van der Waals surface area contributed by atoms with Crippen LogP contribution in [-0.2, 0) is 4.74 Å². The number of rotatable bonds is 8. The summed E-state index contributed by atoms with van der Waals surface area (Å²) in [4.78, 5) is 0. The van der Waals surface area contributed by atoms with E-state index >= 15 is 0 Å². The Morgan fingerprint density at radius 2 is 2.21 bits per heavy atom. The third kappa shape index (κ3) is 4.40. The van der Waals surface area contributed by atoms with Crippen LogP contribution in [0.1, 0.15) is 39.5 Å². The van der Waals surface area contributed by atoms with Crippen LogP contribution in [0.25, 0.3) is 0 Å². The van der Waals surface area contributed by atoms with E-state index in [-0.39, 0.29) is 12.1 Å². The zero-order chi connectivity index (χ0) is 10.4. The minimum atomic E-state index is -0.0989. The fraction of sp³-hybridized carbons (Fsp3) is 1.00. The van der Waals surface area contributed by atoms with Crippen LogP contribution in [0, 0.1) is 0 Å². The van der Waals surface area contributed by atoms with Crippen molar-refractivity contribution in [2.75, 3.05) is 19.8 Å². The number of nitrogens with one attached hydrogen (secondary N) is 1. The molecule has 1 aliphatic rings. The molecular formula is C11H23NO2. The van der Waals surface area contributed by atoms with Crippen LogP contribution in [0.3, 0.4) is 0 Å². The maximum Gasteiger partial charge on any atom is 0.0610 e. The molecule has 0 aromatic heterocycles. The molecule has 3 nitrogen and oxygen atoms in total. The van der Waals surface area contributed by atoms with Gasteiger partial charge in [0.1, 0.15) is 0 Å². The third-order valence-electron chi connectivity index (χ3n) is 2.70. The van der Waals surface area contributed by atoms with Crippen molar-refractivity contribution in [3.05, 3.63) is 0 Å². The molecule has 14 heavy (non-hydrogen) atoms. The van der Waals surface area contributed by atoms with E-state index in [2.05, 4.69) is 12.2 Å². The van der Waals surface area contributed by atoms with Gasteiger partial charge in [-0.15, -0.1) is 0 Å². The van der Waals surface area contributed by atoms with Gasteiger partial charge in [-0.2, -0.15) is 0 Å². The molecule has 0 heterocycles. The van der Waals surface area contributed by atoms with E-state index in [0.29, 0.717) is 6.04 Å². The lowest BCUT2D eigenvalue weighted by atomic mass is 9.97. The molecule has 1 atom stereocenters. The van der Waals surface area contributed by atoms with Gasteiger partial charge in [-0.3, -0.25) is 0 Å². The summed E-state index contributed by atoms with van der Waals surface area (Å²) in [6, 6.07) is 0.652. The molecule has 1 saturated carbocycles. The molecule has 1 unspecified atom stereocenters. The monoisotopic (exact) mass is 201 g/mol. The molecule has 0 amide bonds. The smallest absolute Gasteiger partial charge is 0.0610 e. The second kappa shape index (κ2) is 5.69. The first-order chi connectivity index (χ1) is 6.70. The summed E-state index contributed by atoms with van der Waals surface area (Å²) < 4.78 is 5.28. The molecule has 0 aliphatic heterocycles. The molecule has 0 aromatic carbocycles. The molecule has 0 saturated heterocycles. The molecule has 3 heteroatoms. The van der Waals surface area contributed by atoms with E-state index in [9.17, 15) is 5.11 Å². The van der Waals surface area contributed by atoms with Crippen LogP contribution in [0.5, 0.6) is 0 Å². The van der Waals surface area contributed by atoms with Crippen molar-refractivity contribution >= 4 is 0 Å². The Balaban J connectivity index is 2.14. The average Bonchev–Trinajstić information content (AvgIpc) is 2.96. The molecule has 1 aliphatic carbocycles. The van der Waals surface area contributed by atoms with Gasteiger partial charge in [0.25, 0.3) is 0 Å². The topological polar surface area (TPSA) is 41.5 Å². The fourth-order valence-corrected chi connectivity index (χ4v) is 1.63. The summed E-state index contributed by atoms with van der Waals surface area (Å²) in [5.74, 6) is 0. The van der Waals surface area contributed by atoms with Crippen LogP contribution in [-0.4, -0.2) is 36.5 Å². The first kappa shape index (κ1) is 12.0. The first-order valence-electron chi connectivity index (χ1n) is 5.66. The number of ether oxygens (including phenoxy) is 1. The molecular weight excluding hydrogens is 178 g/mol. The summed E-state index contributed by atoms with van der Waals surface area (Å²) in [7, 11) is 0. The number of hydrogen-bond acceptors (Lipinski definition) is 3. The van der Waals surface area contributed by atoms with E-state index in [1.54, 1.807) is 0 Å². The van der Waals surface area contributed by atoms with Crippen molar-refractivity contribution in [3.8, 4) is 0 Å². The van der Waals surface area contributed by atoms with E-state index in [0.717, 1.165) is 26.1 Å². The Hall–Kier alpha value is -0.120. The van der Waals surface area contributed by atoms with Gasteiger partial charge in [-0.05, 0) is 39.5 Å². The Morgan fingerprint density at radius 3 is 2.71 bits per heavy atom. The first-order valence-corrected chi connectivity index (χ1v) is 5.66. The lowest BCUT2D eigenvalue weighted by Crippen LogP contribution is -2.47. The summed E-state index contributed by atoms with van der Waals surface area (Å²) in [6.45, 7) is 5.91. The van der Waals surface area contributed by atoms with E-state index < -0.39 is 0 Å². The van der Waals surface area contributed by atoms with Gasteiger partial charge in [0.15, 0.2) is 0 Å². The van der Waals surface area contributed by atoms with Crippen molar-refractivity contribution in [1.29, 1.82) is 0 Å². The van der Waals surface area contributed by atoms with Crippen LogP contribution in [0.4, 0.5) is 0 Å². The number of hydrogen-bond donors (Lipinski definition) is 2. The Morgan fingerprint density at radius 1 is 1.50 bits per heavy atom. The highest BCUT2D eigenvalue weighted by atomic mass is 16.5. The fourth-order valence-electron chi connectivity index (χ4n) is 1.63. The zero-order valence-electron chi connectivity index (χ0n) is 9.38. The summed E-state index contributed by atoms with van der Waals surface area (Å²) >= 11 is 0. The molecule has 1 rings (SSSR count). The quantitative estimate of drug-likeness (QED) is 0.582. The summed E-state index contributed by atoms with van der Waals surface area (Å²) in [5.41, 5.74) is -0.0989. The minimum Gasteiger partial charge on any atom is -0.394 e. The second-order valence-electron chi connectivity index (χ2n) is 4.44. The second-order valence-corrected chi connectivity index (χ2v) is 4.44. The summed E-state index contributed by atoms with van der Waals surface area (Å²) in [5, 5.41) is 12.8. The molecule has 1 fully saturated rings. The van der Waals surface area contributed by atoms with Crippen molar-refractivity contribution in [1.82, 2.24) is 5.32 Å². The minimum absolute atomic E-state index is 0.0989. The van der Waals surface area contributed by atoms with E-state index in [1.165, 1.54) is 12.8 Å². The van der Waals surface area contributed by atoms with Crippen molar-refractivity contribution in [2.45, 2.75) is 51.1 Å². The van der Waals surface area contributed by atoms with Gasteiger partial charge >= 0.3 is 0 Å². The number of aliphatic hydroxyl groups is 1. The molecule has 2 N–H and O–H groups in total. The van der Waals surface area contributed by atoms with E-state index in [1.807, 2.05) is 6.92 Å². The van der Waals surface area contributed by atoms with Gasteiger partial charge in [-0.1, -0.05) is 0 Å². The Bertz CT molecular complexity index is 159. The lowest BCUT2D eigenvalue weighted by molar-refractivity contribution is 0.117. The highest BCUT2D eigenvalue weighted by Crippen LogP contribution is 2.24. The van der Waals surface area contributed by atoms with Gasteiger partial charge < -0.3 is 15.2 Å². The SMILES string of the molecule is CCOCCCC(C)(CO)NC1CC1. The van der Waals surface area contributed by atoms with Crippen molar-refractivity contribution < 1.29 is 9.84 Å². The number of aliphatic hydroxyl groups excluding tert-OH is 1. The molecule has 0 spiro atoms. The summed E-state index contributed by atoms with van der Waals surface area (Å²) in [6.07, 6.45) is 4.53. The highest BCUT2D eigenvalue weighted by Gasteiger charge is 2.31. The van der Waals surface area contributed by atoms with Crippen LogP contribution in [0.15, 0.2) is 0 Å². The van der Waals surface area contributed by atoms with Crippen molar-refractivity contribution in [3.63, 3.8) is 0 Å². The van der Waals surface area contributed by atoms with Gasteiger partial charge in [-0.25, -0.2) is 0 Å².